The zero-order valence-corrected chi connectivity index (χ0v) is 13.4. The Hall–Kier alpha value is -1.76. The van der Waals surface area contributed by atoms with E-state index in [0.29, 0.717) is 31.0 Å². The molecule has 3 heterocycles. The van der Waals surface area contributed by atoms with Crippen LogP contribution in [0.1, 0.15) is 30.6 Å². The summed E-state index contributed by atoms with van der Waals surface area (Å²) in [5.41, 5.74) is 0.499. The molecule has 126 valence electrons. The average Bonchev–Trinajstić information content (AvgIpc) is 2.79. The van der Waals surface area contributed by atoms with E-state index in [1.165, 1.54) is 0 Å². The topological polar surface area (TPSA) is 48.5 Å². The van der Waals surface area contributed by atoms with Gasteiger partial charge in [-0.2, -0.15) is 0 Å². The molecule has 2 aliphatic rings. The summed E-state index contributed by atoms with van der Waals surface area (Å²) in [4.78, 5) is 20.5. The van der Waals surface area contributed by atoms with Crippen molar-refractivity contribution in [2.75, 3.05) is 31.5 Å². The number of halogens is 2. The zero-order chi connectivity index (χ0) is 16.6. The van der Waals surface area contributed by atoms with Gasteiger partial charge in [-0.1, -0.05) is 0 Å². The summed E-state index contributed by atoms with van der Waals surface area (Å²) in [5, 5.41) is 3.16. The minimum Gasteiger partial charge on any atom is -0.367 e. The molecule has 0 bridgehead atoms. The van der Waals surface area contributed by atoms with Crippen molar-refractivity contribution in [2.24, 2.45) is 0 Å². The van der Waals surface area contributed by atoms with E-state index in [4.69, 9.17) is 0 Å². The van der Waals surface area contributed by atoms with Gasteiger partial charge in [0.05, 0.1) is 12.1 Å². The Kier molecular flexibility index (Phi) is 4.23. The maximum absolute atomic E-state index is 13.5. The Morgan fingerprint density at radius 3 is 2.96 bits per heavy atom. The van der Waals surface area contributed by atoms with Crippen LogP contribution in [0, 0.1) is 0 Å². The lowest BCUT2D eigenvalue weighted by atomic mass is 10.1. The second kappa shape index (κ2) is 6.03. The van der Waals surface area contributed by atoms with Gasteiger partial charge in [0.25, 0.3) is 11.8 Å². The zero-order valence-electron chi connectivity index (χ0n) is 13.4. The standard InChI is InChI=1S/C16H22F2N4O/c1-11(2)20-14-13(4-3-5-19-14)15(23)21-6-7-22-10-16(17,18)8-12(22)9-21/h3-5,11-12H,6-10H2,1-2H3,(H,19,20)/t12-/m0/s1. The van der Waals surface area contributed by atoms with Gasteiger partial charge in [0.15, 0.2) is 0 Å². The summed E-state index contributed by atoms with van der Waals surface area (Å²) < 4.78 is 27.1. The third-order valence-electron chi connectivity index (χ3n) is 4.32. The van der Waals surface area contributed by atoms with Crippen molar-refractivity contribution < 1.29 is 13.6 Å². The number of alkyl halides is 2. The Labute approximate surface area is 134 Å². The smallest absolute Gasteiger partial charge is 0.262 e. The summed E-state index contributed by atoms with van der Waals surface area (Å²) in [7, 11) is 0. The number of anilines is 1. The molecular formula is C16H22F2N4O. The second-order valence-electron chi connectivity index (χ2n) is 6.63. The number of carbonyl (C=O) groups excluding carboxylic acids is 1. The maximum Gasteiger partial charge on any atom is 0.262 e. The number of pyridine rings is 1. The molecule has 1 N–H and O–H groups in total. The molecule has 0 radical (unpaired) electrons. The highest BCUT2D eigenvalue weighted by atomic mass is 19.3. The van der Waals surface area contributed by atoms with Crippen molar-refractivity contribution in [3.63, 3.8) is 0 Å². The fraction of sp³-hybridized carbons (Fsp3) is 0.625. The predicted octanol–water partition coefficient (Wildman–Crippen LogP) is 2.07. The number of nitrogens with one attached hydrogen (secondary N) is 1. The van der Waals surface area contributed by atoms with Gasteiger partial charge >= 0.3 is 0 Å². The molecule has 7 heteroatoms. The van der Waals surface area contributed by atoms with E-state index >= 15 is 0 Å². The molecule has 0 aliphatic carbocycles. The van der Waals surface area contributed by atoms with E-state index in [2.05, 4.69) is 10.3 Å². The average molecular weight is 324 g/mol. The van der Waals surface area contributed by atoms with Crippen molar-refractivity contribution in [3.05, 3.63) is 23.9 Å². The van der Waals surface area contributed by atoms with Crippen molar-refractivity contribution in [3.8, 4) is 0 Å². The van der Waals surface area contributed by atoms with Gasteiger partial charge in [0.1, 0.15) is 5.82 Å². The molecule has 0 spiro atoms. The molecule has 1 atom stereocenters. The fourth-order valence-corrected chi connectivity index (χ4v) is 3.32. The summed E-state index contributed by atoms with van der Waals surface area (Å²) in [6.07, 6.45) is 1.47. The first-order valence-corrected chi connectivity index (χ1v) is 7.98. The Morgan fingerprint density at radius 1 is 1.43 bits per heavy atom. The lowest BCUT2D eigenvalue weighted by Crippen LogP contribution is -2.52. The molecule has 1 aromatic heterocycles. The summed E-state index contributed by atoms with van der Waals surface area (Å²) in [6, 6.07) is 3.36. The van der Waals surface area contributed by atoms with Gasteiger partial charge in [-0.15, -0.1) is 0 Å². The Morgan fingerprint density at radius 2 is 2.22 bits per heavy atom. The third kappa shape index (κ3) is 3.44. The van der Waals surface area contributed by atoms with E-state index in [9.17, 15) is 13.6 Å². The number of piperazine rings is 1. The van der Waals surface area contributed by atoms with Crippen LogP contribution in [0.15, 0.2) is 18.3 Å². The van der Waals surface area contributed by atoms with Crippen LogP contribution in [0.2, 0.25) is 0 Å². The number of hydrogen-bond acceptors (Lipinski definition) is 4. The van der Waals surface area contributed by atoms with Crippen molar-refractivity contribution in [2.45, 2.75) is 38.3 Å². The Balaban J connectivity index is 1.74. The van der Waals surface area contributed by atoms with E-state index in [1.54, 1.807) is 28.1 Å². The molecule has 2 saturated heterocycles. The predicted molar refractivity (Wildman–Crippen MR) is 83.8 cm³/mol. The minimum absolute atomic E-state index is 0.142. The Bertz CT molecular complexity index is 593. The van der Waals surface area contributed by atoms with Crippen LogP contribution in [0.4, 0.5) is 14.6 Å². The van der Waals surface area contributed by atoms with Crippen LogP contribution in [0.25, 0.3) is 0 Å². The highest BCUT2D eigenvalue weighted by molar-refractivity contribution is 5.98. The minimum atomic E-state index is -2.64. The molecule has 1 amide bonds. The summed E-state index contributed by atoms with van der Waals surface area (Å²) in [6.45, 7) is 5.09. The van der Waals surface area contributed by atoms with E-state index in [-0.39, 0.29) is 31.0 Å². The van der Waals surface area contributed by atoms with Gasteiger partial charge in [-0.3, -0.25) is 9.69 Å². The molecule has 3 rings (SSSR count). The second-order valence-corrected chi connectivity index (χ2v) is 6.63. The molecule has 0 aromatic carbocycles. The number of hydrogen-bond donors (Lipinski definition) is 1. The van der Waals surface area contributed by atoms with Crippen LogP contribution >= 0.6 is 0 Å². The quantitative estimate of drug-likeness (QED) is 0.925. The number of nitrogens with zero attached hydrogens (tertiary/aromatic N) is 3. The van der Waals surface area contributed by atoms with Gasteiger partial charge in [-0.25, -0.2) is 13.8 Å². The van der Waals surface area contributed by atoms with Gasteiger partial charge in [0, 0.05) is 44.3 Å². The SMILES string of the molecule is CC(C)Nc1ncccc1C(=O)N1CCN2CC(F)(F)C[C@H]2C1. The number of amides is 1. The molecule has 2 fully saturated rings. The molecule has 0 saturated carbocycles. The van der Waals surface area contributed by atoms with Gasteiger partial charge in [0.2, 0.25) is 0 Å². The van der Waals surface area contributed by atoms with Gasteiger partial charge < -0.3 is 10.2 Å². The molecule has 0 unspecified atom stereocenters. The number of carbonyl (C=O) groups is 1. The lowest BCUT2D eigenvalue weighted by Gasteiger charge is -2.37. The highest BCUT2D eigenvalue weighted by Crippen LogP contribution is 2.34. The van der Waals surface area contributed by atoms with Crippen molar-refractivity contribution in [1.29, 1.82) is 0 Å². The first-order valence-electron chi connectivity index (χ1n) is 7.98. The first-order chi connectivity index (χ1) is 10.9. The first kappa shape index (κ1) is 16.1. The fourth-order valence-electron chi connectivity index (χ4n) is 3.32. The summed E-state index contributed by atoms with van der Waals surface area (Å²) in [5.74, 6) is -2.23. The van der Waals surface area contributed by atoms with Crippen LogP contribution in [0.3, 0.4) is 0 Å². The summed E-state index contributed by atoms with van der Waals surface area (Å²) >= 11 is 0. The molecule has 2 aliphatic heterocycles. The molecule has 23 heavy (non-hydrogen) atoms. The van der Waals surface area contributed by atoms with E-state index in [0.717, 1.165) is 0 Å². The van der Waals surface area contributed by atoms with Crippen LogP contribution in [-0.4, -0.2) is 64.9 Å². The third-order valence-corrected chi connectivity index (χ3v) is 4.32. The van der Waals surface area contributed by atoms with E-state index in [1.807, 2.05) is 13.8 Å². The molecule has 5 nitrogen and oxygen atoms in total. The maximum atomic E-state index is 13.5. The van der Waals surface area contributed by atoms with E-state index < -0.39 is 5.92 Å². The largest absolute Gasteiger partial charge is 0.367 e. The highest BCUT2D eigenvalue weighted by Gasteiger charge is 2.47. The lowest BCUT2D eigenvalue weighted by molar-refractivity contribution is 0.0121. The van der Waals surface area contributed by atoms with Crippen molar-refractivity contribution in [1.82, 2.24) is 14.8 Å². The number of aromatic nitrogens is 1. The molecular weight excluding hydrogens is 302 g/mol. The monoisotopic (exact) mass is 324 g/mol. The van der Waals surface area contributed by atoms with Gasteiger partial charge in [-0.05, 0) is 26.0 Å². The molecule has 1 aromatic rings. The number of fused-ring (bicyclic) bond motifs is 1. The number of rotatable bonds is 3. The van der Waals surface area contributed by atoms with Crippen LogP contribution in [0.5, 0.6) is 0 Å². The van der Waals surface area contributed by atoms with Crippen molar-refractivity contribution >= 4 is 11.7 Å². The normalized spacial score (nSPS) is 23.9. The van der Waals surface area contributed by atoms with Crippen LogP contribution < -0.4 is 5.32 Å². The van der Waals surface area contributed by atoms with Crippen LogP contribution in [-0.2, 0) is 0 Å².